The Labute approximate surface area is 204 Å². The number of anilines is 1. The molecule has 1 amide bonds. The number of ether oxygens (including phenoxy) is 1. The van der Waals surface area contributed by atoms with Gasteiger partial charge in [0.05, 0.1) is 23.3 Å². The topological polar surface area (TPSA) is 103 Å². The number of aromatic nitrogens is 3. The van der Waals surface area contributed by atoms with Crippen LogP contribution >= 0.6 is 0 Å². The fourth-order valence-electron chi connectivity index (χ4n) is 3.57. The SMILES string of the molecule is CCn1cc(-c2ccncc2)c(-c2c(S(=O)(=O)c3cc(F)ccc3F)ccc(NC(=O)OC)c2F)n1. The van der Waals surface area contributed by atoms with Crippen LogP contribution in [0.15, 0.2) is 70.8 Å². The van der Waals surface area contributed by atoms with Crippen LogP contribution in [0.25, 0.3) is 22.4 Å². The van der Waals surface area contributed by atoms with Crippen molar-refractivity contribution in [1.82, 2.24) is 14.8 Å². The fraction of sp³-hybridized carbons (Fsp3) is 0.125. The van der Waals surface area contributed by atoms with Crippen LogP contribution in [-0.2, 0) is 21.1 Å². The number of amides is 1. The Morgan fingerprint density at radius 2 is 1.78 bits per heavy atom. The lowest BCUT2D eigenvalue weighted by atomic mass is 10.0. The van der Waals surface area contributed by atoms with E-state index in [1.165, 1.54) is 17.1 Å². The first-order chi connectivity index (χ1) is 17.2. The summed E-state index contributed by atoms with van der Waals surface area (Å²) in [6.45, 7) is 2.14. The highest BCUT2D eigenvalue weighted by Gasteiger charge is 2.32. The fourth-order valence-corrected chi connectivity index (χ4v) is 5.10. The maximum Gasteiger partial charge on any atom is 0.411 e. The molecule has 2 heterocycles. The van der Waals surface area contributed by atoms with Gasteiger partial charge in [0.15, 0.2) is 5.82 Å². The van der Waals surface area contributed by atoms with E-state index in [2.05, 4.69) is 20.1 Å². The molecule has 0 aliphatic heterocycles. The van der Waals surface area contributed by atoms with Gasteiger partial charge in [0.25, 0.3) is 0 Å². The molecule has 0 saturated carbocycles. The third-order valence-electron chi connectivity index (χ3n) is 5.31. The summed E-state index contributed by atoms with van der Waals surface area (Å²) >= 11 is 0. The number of carbonyl (C=O) groups excluding carboxylic acids is 1. The highest BCUT2D eigenvalue weighted by atomic mass is 32.2. The lowest BCUT2D eigenvalue weighted by Gasteiger charge is -2.15. The Morgan fingerprint density at radius 1 is 1.06 bits per heavy atom. The number of nitrogens with one attached hydrogen (secondary N) is 1. The van der Waals surface area contributed by atoms with Crippen molar-refractivity contribution in [2.45, 2.75) is 23.3 Å². The second kappa shape index (κ2) is 9.82. The van der Waals surface area contributed by atoms with Crippen LogP contribution in [0.2, 0.25) is 0 Å². The van der Waals surface area contributed by atoms with Crippen molar-refractivity contribution >= 4 is 21.6 Å². The number of aryl methyl sites for hydroxylation is 1. The molecular formula is C24H19F3N4O4S. The summed E-state index contributed by atoms with van der Waals surface area (Å²) in [5, 5.41) is 6.54. The highest BCUT2D eigenvalue weighted by molar-refractivity contribution is 7.91. The van der Waals surface area contributed by atoms with E-state index in [0.717, 1.165) is 25.3 Å². The molecule has 0 fully saturated rings. The third-order valence-corrected chi connectivity index (χ3v) is 7.12. The van der Waals surface area contributed by atoms with Gasteiger partial charge in [-0.25, -0.2) is 26.4 Å². The summed E-state index contributed by atoms with van der Waals surface area (Å²) in [4.78, 5) is 14.1. The number of methoxy groups -OCH3 is 1. The minimum Gasteiger partial charge on any atom is -0.453 e. The molecule has 36 heavy (non-hydrogen) atoms. The number of pyridine rings is 1. The predicted octanol–water partition coefficient (Wildman–Crippen LogP) is 5.06. The summed E-state index contributed by atoms with van der Waals surface area (Å²) in [6.07, 6.45) is 3.57. The van der Waals surface area contributed by atoms with E-state index < -0.39 is 54.4 Å². The number of rotatable bonds is 6. The van der Waals surface area contributed by atoms with Crippen LogP contribution < -0.4 is 5.32 Å². The van der Waals surface area contributed by atoms with E-state index in [4.69, 9.17) is 0 Å². The van der Waals surface area contributed by atoms with Gasteiger partial charge in [-0.15, -0.1) is 0 Å². The Morgan fingerprint density at radius 3 is 2.44 bits per heavy atom. The maximum atomic E-state index is 16.0. The van der Waals surface area contributed by atoms with Gasteiger partial charge in [0.1, 0.15) is 22.2 Å². The molecule has 4 aromatic rings. The Kier molecular flexibility index (Phi) is 6.80. The monoisotopic (exact) mass is 516 g/mol. The molecule has 0 bridgehead atoms. The molecule has 0 radical (unpaired) electrons. The standard InChI is InChI=1S/C24H19F3N4O4S/c1-3-31-13-16(14-8-10-28-11-9-14)23(30-31)21-19(7-6-18(22(21)27)29-24(32)35-2)36(33,34)20-12-15(25)4-5-17(20)26/h4-13H,3H2,1-2H3,(H,29,32). The van der Waals surface area contributed by atoms with Crippen LogP contribution in [0, 0.1) is 17.5 Å². The average Bonchev–Trinajstić information content (AvgIpc) is 3.31. The van der Waals surface area contributed by atoms with E-state index in [1.807, 2.05) is 0 Å². The van der Waals surface area contributed by atoms with Crippen molar-refractivity contribution < 1.29 is 31.1 Å². The zero-order valence-corrected chi connectivity index (χ0v) is 19.8. The second-order valence-corrected chi connectivity index (χ2v) is 9.36. The quantitative estimate of drug-likeness (QED) is 0.384. The molecular weight excluding hydrogens is 497 g/mol. The molecule has 12 heteroatoms. The lowest BCUT2D eigenvalue weighted by molar-refractivity contribution is 0.187. The van der Waals surface area contributed by atoms with E-state index in [0.29, 0.717) is 29.8 Å². The molecule has 2 aromatic carbocycles. The number of benzene rings is 2. The molecule has 4 rings (SSSR count). The summed E-state index contributed by atoms with van der Waals surface area (Å²) in [7, 11) is -3.73. The molecule has 2 aromatic heterocycles. The average molecular weight is 517 g/mol. The zero-order valence-electron chi connectivity index (χ0n) is 19.0. The highest BCUT2D eigenvalue weighted by Crippen LogP contribution is 2.41. The van der Waals surface area contributed by atoms with Gasteiger partial charge in [-0.3, -0.25) is 15.0 Å². The molecule has 0 aliphatic rings. The maximum absolute atomic E-state index is 16.0. The van der Waals surface area contributed by atoms with E-state index in [1.54, 1.807) is 25.3 Å². The van der Waals surface area contributed by atoms with Gasteiger partial charge in [0.2, 0.25) is 9.84 Å². The number of hydrogen-bond acceptors (Lipinski definition) is 6. The third kappa shape index (κ3) is 4.54. The van der Waals surface area contributed by atoms with Crippen LogP contribution in [0.4, 0.5) is 23.7 Å². The number of nitrogens with zero attached hydrogens (tertiary/aromatic N) is 3. The number of sulfone groups is 1. The van der Waals surface area contributed by atoms with Gasteiger partial charge in [-0.2, -0.15) is 5.10 Å². The largest absolute Gasteiger partial charge is 0.453 e. The first kappa shape index (κ1) is 24.9. The minimum atomic E-state index is -4.80. The van der Waals surface area contributed by atoms with E-state index >= 15 is 4.39 Å². The lowest BCUT2D eigenvalue weighted by Crippen LogP contribution is -2.14. The van der Waals surface area contributed by atoms with Gasteiger partial charge in [-0.1, -0.05) is 0 Å². The molecule has 1 N–H and O–H groups in total. The van der Waals surface area contributed by atoms with Gasteiger partial charge in [-0.05, 0) is 55.0 Å². The summed E-state index contributed by atoms with van der Waals surface area (Å²) in [5.41, 5.74) is -0.131. The number of carbonyl (C=O) groups is 1. The van der Waals surface area contributed by atoms with Crippen molar-refractivity contribution in [3.05, 3.63) is 78.5 Å². The van der Waals surface area contributed by atoms with Crippen molar-refractivity contribution in [2.24, 2.45) is 0 Å². The molecule has 186 valence electrons. The Bertz CT molecular complexity index is 1560. The van der Waals surface area contributed by atoms with E-state index in [-0.39, 0.29) is 5.69 Å². The summed E-state index contributed by atoms with van der Waals surface area (Å²) in [6, 6.07) is 7.17. The zero-order chi connectivity index (χ0) is 26.0. The molecule has 0 atom stereocenters. The van der Waals surface area contributed by atoms with E-state index in [9.17, 15) is 22.0 Å². The first-order valence-corrected chi connectivity index (χ1v) is 12.0. The Balaban J connectivity index is 2.07. The molecule has 0 saturated heterocycles. The van der Waals surface area contributed by atoms with Crippen molar-refractivity contribution in [2.75, 3.05) is 12.4 Å². The smallest absolute Gasteiger partial charge is 0.411 e. The van der Waals surface area contributed by atoms with Crippen molar-refractivity contribution in [1.29, 1.82) is 0 Å². The minimum absolute atomic E-state index is 0.0931. The van der Waals surface area contributed by atoms with Gasteiger partial charge < -0.3 is 4.74 Å². The number of hydrogen-bond donors (Lipinski definition) is 1. The summed E-state index contributed by atoms with van der Waals surface area (Å²) in [5.74, 6) is -3.36. The molecule has 8 nitrogen and oxygen atoms in total. The van der Waals surface area contributed by atoms with Crippen LogP contribution in [0.1, 0.15) is 6.92 Å². The Hall–Kier alpha value is -4.19. The van der Waals surface area contributed by atoms with Gasteiger partial charge in [0, 0.05) is 30.7 Å². The summed E-state index contributed by atoms with van der Waals surface area (Å²) < 4.78 is 77.5. The van der Waals surface area contributed by atoms with Crippen LogP contribution in [-0.4, -0.2) is 36.4 Å². The molecule has 0 aliphatic carbocycles. The van der Waals surface area contributed by atoms with Crippen molar-refractivity contribution in [3.63, 3.8) is 0 Å². The number of halogens is 3. The normalized spacial score (nSPS) is 11.4. The van der Waals surface area contributed by atoms with Crippen LogP contribution in [0.3, 0.4) is 0 Å². The van der Waals surface area contributed by atoms with Gasteiger partial charge >= 0.3 is 6.09 Å². The first-order valence-electron chi connectivity index (χ1n) is 10.5. The van der Waals surface area contributed by atoms with Crippen LogP contribution in [0.5, 0.6) is 0 Å². The molecule has 0 spiro atoms. The van der Waals surface area contributed by atoms with Crippen molar-refractivity contribution in [3.8, 4) is 22.4 Å². The predicted molar refractivity (Wildman–Crippen MR) is 124 cm³/mol. The molecule has 0 unspecified atom stereocenters. The second-order valence-electron chi connectivity index (χ2n) is 7.48.